The number of hydrogen-bond donors (Lipinski definition) is 1. The van der Waals surface area contributed by atoms with Gasteiger partial charge in [-0.1, -0.05) is 42.8 Å². The molecule has 0 radical (unpaired) electrons. The molecule has 0 aliphatic heterocycles. The second-order valence-electron chi connectivity index (χ2n) is 4.90. The second-order valence-corrected chi connectivity index (χ2v) is 5.94. The normalized spacial score (nSPS) is 12.3. The third-order valence-corrected chi connectivity index (χ3v) is 4.19. The summed E-state index contributed by atoms with van der Waals surface area (Å²) in [6, 6.07) is 15.2. The number of hydrogen-bond acceptors (Lipinski definition) is 3. The van der Waals surface area contributed by atoms with E-state index in [0.717, 1.165) is 23.7 Å². The number of thioether (sulfide) groups is 1. The highest BCUT2D eigenvalue weighted by molar-refractivity contribution is 7.99. The maximum atomic E-state index is 4.37. The highest BCUT2D eigenvalue weighted by Gasteiger charge is 2.11. The fourth-order valence-corrected chi connectivity index (χ4v) is 2.95. The van der Waals surface area contributed by atoms with Gasteiger partial charge in [0.1, 0.15) is 0 Å². The number of benzene rings is 1. The molecule has 1 aromatic heterocycles. The van der Waals surface area contributed by atoms with E-state index in [1.54, 1.807) is 11.8 Å². The van der Waals surface area contributed by atoms with E-state index < -0.39 is 0 Å². The van der Waals surface area contributed by atoms with Crippen molar-refractivity contribution in [1.82, 2.24) is 10.3 Å². The van der Waals surface area contributed by atoms with Crippen molar-refractivity contribution < 1.29 is 0 Å². The van der Waals surface area contributed by atoms with Gasteiger partial charge in [0.2, 0.25) is 0 Å². The van der Waals surface area contributed by atoms with Gasteiger partial charge in [-0.2, -0.15) is 0 Å². The van der Waals surface area contributed by atoms with Gasteiger partial charge in [-0.15, -0.1) is 11.8 Å². The molecule has 0 aliphatic rings. The quantitative estimate of drug-likeness (QED) is 0.771. The van der Waals surface area contributed by atoms with E-state index in [9.17, 15) is 0 Å². The molecule has 1 atom stereocenters. The third kappa shape index (κ3) is 4.66. The van der Waals surface area contributed by atoms with Gasteiger partial charge in [-0.05, 0) is 37.6 Å². The summed E-state index contributed by atoms with van der Waals surface area (Å²) in [6.07, 6.45) is 3.00. The van der Waals surface area contributed by atoms with Crippen LogP contribution >= 0.6 is 11.8 Å². The molecule has 3 heteroatoms. The average molecular weight is 286 g/mol. The van der Waals surface area contributed by atoms with E-state index in [2.05, 4.69) is 54.5 Å². The van der Waals surface area contributed by atoms with Crippen LogP contribution in [0.2, 0.25) is 0 Å². The molecule has 2 aromatic rings. The van der Waals surface area contributed by atoms with Crippen LogP contribution in [0, 0.1) is 6.92 Å². The lowest BCUT2D eigenvalue weighted by molar-refractivity contribution is 0.577. The predicted octanol–water partition coefficient (Wildman–Crippen LogP) is 4.22. The van der Waals surface area contributed by atoms with Crippen LogP contribution in [0.1, 0.15) is 30.5 Å². The Morgan fingerprint density at radius 3 is 2.60 bits per heavy atom. The van der Waals surface area contributed by atoms with Gasteiger partial charge < -0.3 is 5.32 Å². The topological polar surface area (TPSA) is 24.9 Å². The maximum absolute atomic E-state index is 4.37. The Hall–Kier alpha value is -1.32. The summed E-state index contributed by atoms with van der Waals surface area (Å²) in [5, 5.41) is 4.71. The van der Waals surface area contributed by atoms with Gasteiger partial charge >= 0.3 is 0 Å². The molecule has 1 N–H and O–H groups in total. The number of pyridine rings is 1. The molecular weight excluding hydrogens is 264 g/mol. The lowest BCUT2D eigenvalue weighted by Gasteiger charge is -2.18. The fourth-order valence-electron chi connectivity index (χ4n) is 1.99. The summed E-state index contributed by atoms with van der Waals surface area (Å²) in [5.74, 6) is 1.00. The van der Waals surface area contributed by atoms with Gasteiger partial charge in [0, 0.05) is 18.0 Å². The lowest BCUT2D eigenvalue weighted by atomic mass is 10.1. The Bertz CT molecular complexity index is 496. The maximum Gasteiger partial charge on any atom is 0.0960 e. The van der Waals surface area contributed by atoms with Gasteiger partial charge in [0.15, 0.2) is 0 Å². The summed E-state index contributed by atoms with van der Waals surface area (Å²) in [7, 11) is 0. The van der Waals surface area contributed by atoms with E-state index in [0.29, 0.717) is 6.04 Å². The van der Waals surface area contributed by atoms with E-state index in [4.69, 9.17) is 0 Å². The van der Waals surface area contributed by atoms with Crippen LogP contribution in [0.4, 0.5) is 0 Å². The number of rotatable bonds is 7. The Morgan fingerprint density at radius 2 is 1.95 bits per heavy atom. The van der Waals surface area contributed by atoms with E-state index in [-0.39, 0.29) is 0 Å². The van der Waals surface area contributed by atoms with Crippen LogP contribution in [0.15, 0.2) is 53.7 Å². The molecule has 2 nitrogen and oxygen atoms in total. The van der Waals surface area contributed by atoms with Crippen LogP contribution in [-0.2, 0) is 0 Å². The number of aryl methyl sites for hydroxylation is 1. The molecular formula is C17H22N2S. The molecule has 0 saturated carbocycles. The molecule has 106 valence electrons. The zero-order valence-corrected chi connectivity index (χ0v) is 13.0. The summed E-state index contributed by atoms with van der Waals surface area (Å²) in [5.41, 5.74) is 2.66. The van der Waals surface area contributed by atoms with Crippen molar-refractivity contribution >= 4 is 11.8 Å². The summed E-state index contributed by atoms with van der Waals surface area (Å²) in [4.78, 5) is 4.37. The lowest BCUT2D eigenvalue weighted by Crippen LogP contribution is -2.24. The van der Waals surface area contributed by atoms with E-state index in [1.165, 1.54) is 11.1 Å². The smallest absolute Gasteiger partial charge is 0.0960 e. The molecule has 0 saturated heterocycles. The summed E-state index contributed by atoms with van der Waals surface area (Å²) < 4.78 is 0. The van der Waals surface area contributed by atoms with Crippen molar-refractivity contribution in [2.75, 3.05) is 12.3 Å². The molecule has 0 aliphatic carbocycles. The Morgan fingerprint density at radius 1 is 1.15 bits per heavy atom. The van der Waals surface area contributed by atoms with Crippen LogP contribution in [-0.4, -0.2) is 17.3 Å². The van der Waals surface area contributed by atoms with Crippen LogP contribution in [0.5, 0.6) is 0 Å². The summed E-state index contributed by atoms with van der Waals surface area (Å²) in [6.45, 7) is 5.37. The highest BCUT2D eigenvalue weighted by atomic mass is 32.2. The first-order valence-corrected chi connectivity index (χ1v) is 8.12. The zero-order chi connectivity index (χ0) is 14.2. The minimum atomic E-state index is 0.377. The van der Waals surface area contributed by atoms with E-state index in [1.807, 2.05) is 18.3 Å². The third-order valence-electron chi connectivity index (χ3n) is 3.16. The van der Waals surface area contributed by atoms with Crippen LogP contribution < -0.4 is 5.32 Å². The van der Waals surface area contributed by atoms with Crippen molar-refractivity contribution in [3.8, 4) is 0 Å². The van der Waals surface area contributed by atoms with Crippen molar-refractivity contribution in [3.05, 3.63) is 59.8 Å². The van der Waals surface area contributed by atoms with Gasteiger partial charge in [-0.3, -0.25) is 0 Å². The van der Waals surface area contributed by atoms with Crippen LogP contribution in [0.3, 0.4) is 0 Å². The molecule has 20 heavy (non-hydrogen) atoms. The van der Waals surface area contributed by atoms with Crippen LogP contribution in [0.25, 0.3) is 0 Å². The molecule has 1 aromatic carbocycles. The summed E-state index contributed by atoms with van der Waals surface area (Å²) >= 11 is 1.80. The van der Waals surface area contributed by atoms with Crippen molar-refractivity contribution in [2.45, 2.75) is 31.3 Å². The van der Waals surface area contributed by atoms with Crippen molar-refractivity contribution in [3.63, 3.8) is 0 Å². The molecule has 0 bridgehead atoms. The number of nitrogens with zero attached hydrogens (tertiary/aromatic N) is 1. The highest BCUT2D eigenvalue weighted by Crippen LogP contribution is 2.23. The first-order valence-electron chi connectivity index (χ1n) is 7.13. The standard InChI is InChI=1S/C17H22N2S/c1-3-11-18-16(15-9-7-14(2)8-10-15)13-20-17-6-4-5-12-19-17/h4-10,12,16,18H,3,11,13H2,1-2H3. The first kappa shape index (κ1) is 15.1. The predicted molar refractivity (Wildman–Crippen MR) is 87.2 cm³/mol. The average Bonchev–Trinajstić information content (AvgIpc) is 2.50. The number of nitrogens with one attached hydrogen (secondary N) is 1. The molecule has 0 spiro atoms. The Labute approximate surface area is 126 Å². The first-order chi connectivity index (χ1) is 9.79. The molecule has 0 fully saturated rings. The van der Waals surface area contributed by atoms with Crippen molar-refractivity contribution in [2.24, 2.45) is 0 Å². The Balaban J connectivity index is 2.01. The monoisotopic (exact) mass is 286 g/mol. The van der Waals surface area contributed by atoms with Gasteiger partial charge in [0.25, 0.3) is 0 Å². The molecule has 0 amide bonds. The SMILES string of the molecule is CCCNC(CSc1ccccn1)c1ccc(C)cc1. The molecule has 1 unspecified atom stereocenters. The van der Waals surface area contributed by atoms with Gasteiger partial charge in [0.05, 0.1) is 5.03 Å². The zero-order valence-electron chi connectivity index (χ0n) is 12.2. The minimum absolute atomic E-state index is 0.377. The molecule has 1 heterocycles. The second kappa shape index (κ2) is 8.08. The minimum Gasteiger partial charge on any atom is -0.309 e. The molecule has 2 rings (SSSR count). The van der Waals surface area contributed by atoms with Gasteiger partial charge in [-0.25, -0.2) is 4.98 Å². The fraction of sp³-hybridized carbons (Fsp3) is 0.353. The Kier molecular flexibility index (Phi) is 6.09. The van der Waals surface area contributed by atoms with Crippen molar-refractivity contribution in [1.29, 1.82) is 0 Å². The number of aromatic nitrogens is 1. The largest absolute Gasteiger partial charge is 0.309 e. The van der Waals surface area contributed by atoms with E-state index >= 15 is 0 Å².